The third-order valence-electron chi connectivity index (χ3n) is 3.26. The maximum absolute atomic E-state index is 5.65. The molecule has 1 aromatic rings. The van der Waals surface area contributed by atoms with Crippen LogP contribution in [0.1, 0.15) is 18.5 Å². The molecule has 0 amide bonds. The molecule has 88 valence electrons. The van der Waals surface area contributed by atoms with Gasteiger partial charge in [-0.05, 0) is 12.5 Å². The lowest BCUT2D eigenvalue weighted by molar-refractivity contribution is -0.0364. The monoisotopic (exact) mass is 220 g/mol. The number of benzene rings is 1. The Labute approximate surface area is 97.2 Å². The smallest absolute Gasteiger partial charge is 0.0824 e. The molecule has 0 spiro atoms. The van der Waals surface area contributed by atoms with Crippen LogP contribution in [0.3, 0.4) is 0 Å². The number of hydrogen-bond donors (Lipinski definition) is 1. The molecule has 16 heavy (non-hydrogen) atoms. The molecule has 2 atom stereocenters. The van der Waals surface area contributed by atoms with Crippen molar-refractivity contribution in [3.05, 3.63) is 35.9 Å². The molecule has 3 heteroatoms. The van der Waals surface area contributed by atoms with E-state index in [1.807, 2.05) is 0 Å². The first-order chi connectivity index (χ1) is 7.81. The van der Waals surface area contributed by atoms with E-state index in [2.05, 4.69) is 42.2 Å². The Kier molecular flexibility index (Phi) is 3.93. The Hall–Kier alpha value is -0.900. The van der Waals surface area contributed by atoms with Crippen LogP contribution in [0, 0.1) is 0 Å². The van der Waals surface area contributed by atoms with E-state index in [4.69, 9.17) is 10.5 Å². The maximum Gasteiger partial charge on any atom is 0.0824 e. The molecular weight excluding hydrogens is 200 g/mol. The van der Waals surface area contributed by atoms with Crippen LogP contribution in [0.5, 0.6) is 0 Å². The van der Waals surface area contributed by atoms with Gasteiger partial charge in [0.05, 0.1) is 12.7 Å². The van der Waals surface area contributed by atoms with Crippen LogP contribution in [0.25, 0.3) is 0 Å². The lowest BCUT2D eigenvalue weighted by Gasteiger charge is -2.36. The standard InChI is InChI=1S/C13H20N2O/c1-11(12-5-3-2-4-6-12)15-7-8-16-13(9-14)10-15/h2-6,11,13H,7-10,14H2,1H3. The van der Waals surface area contributed by atoms with Crippen molar-refractivity contribution in [2.45, 2.75) is 19.1 Å². The van der Waals surface area contributed by atoms with E-state index in [0.29, 0.717) is 12.6 Å². The van der Waals surface area contributed by atoms with Gasteiger partial charge in [-0.15, -0.1) is 0 Å². The summed E-state index contributed by atoms with van der Waals surface area (Å²) in [6.07, 6.45) is 0.194. The van der Waals surface area contributed by atoms with Crippen molar-refractivity contribution in [3.8, 4) is 0 Å². The van der Waals surface area contributed by atoms with Crippen molar-refractivity contribution in [1.29, 1.82) is 0 Å². The van der Waals surface area contributed by atoms with Crippen LogP contribution in [0.15, 0.2) is 30.3 Å². The average Bonchev–Trinajstić information content (AvgIpc) is 2.39. The Morgan fingerprint density at radius 3 is 2.88 bits per heavy atom. The minimum absolute atomic E-state index is 0.194. The summed E-state index contributed by atoms with van der Waals surface area (Å²) >= 11 is 0. The minimum Gasteiger partial charge on any atom is -0.374 e. The highest BCUT2D eigenvalue weighted by Crippen LogP contribution is 2.21. The molecule has 0 aromatic heterocycles. The molecule has 0 saturated carbocycles. The summed E-state index contributed by atoms with van der Waals surface area (Å²) < 4.78 is 5.58. The third kappa shape index (κ3) is 2.61. The van der Waals surface area contributed by atoms with Gasteiger partial charge in [0.2, 0.25) is 0 Å². The van der Waals surface area contributed by atoms with E-state index in [9.17, 15) is 0 Å². The molecule has 1 aliphatic heterocycles. The second-order valence-corrected chi connectivity index (χ2v) is 4.31. The maximum atomic E-state index is 5.65. The van der Waals surface area contributed by atoms with Crippen molar-refractivity contribution in [2.24, 2.45) is 5.73 Å². The summed E-state index contributed by atoms with van der Waals surface area (Å²) in [5, 5.41) is 0. The van der Waals surface area contributed by atoms with Crippen LogP contribution < -0.4 is 5.73 Å². The molecule has 1 heterocycles. The Balaban J connectivity index is 2.01. The van der Waals surface area contributed by atoms with Gasteiger partial charge in [-0.1, -0.05) is 30.3 Å². The van der Waals surface area contributed by atoms with Crippen LogP contribution in [-0.2, 0) is 4.74 Å². The van der Waals surface area contributed by atoms with E-state index in [0.717, 1.165) is 19.7 Å². The summed E-state index contributed by atoms with van der Waals surface area (Å²) in [5.41, 5.74) is 7.01. The van der Waals surface area contributed by atoms with E-state index in [1.54, 1.807) is 0 Å². The van der Waals surface area contributed by atoms with Gasteiger partial charge in [0.25, 0.3) is 0 Å². The molecule has 1 fully saturated rings. The van der Waals surface area contributed by atoms with Gasteiger partial charge in [-0.2, -0.15) is 0 Å². The molecule has 2 unspecified atom stereocenters. The summed E-state index contributed by atoms with van der Waals surface area (Å²) in [6, 6.07) is 11.0. The third-order valence-corrected chi connectivity index (χ3v) is 3.26. The highest BCUT2D eigenvalue weighted by Gasteiger charge is 2.23. The van der Waals surface area contributed by atoms with Gasteiger partial charge in [0.15, 0.2) is 0 Å². The van der Waals surface area contributed by atoms with E-state index >= 15 is 0 Å². The summed E-state index contributed by atoms with van der Waals surface area (Å²) in [7, 11) is 0. The van der Waals surface area contributed by atoms with Gasteiger partial charge < -0.3 is 10.5 Å². The minimum atomic E-state index is 0.194. The van der Waals surface area contributed by atoms with E-state index in [1.165, 1.54) is 5.56 Å². The number of nitrogens with two attached hydrogens (primary N) is 1. The van der Waals surface area contributed by atoms with Crippen LogP contribution in [0.2, 0.25) is 0 Å². The SMILES string of the molecule is CC(c1ccccc1)N1CCOC(CN)C1. The molecule has 2 N–H and O–H groups in total. The van der Waals surface area contributed by atoms with Gasteiger partial charge in [0.1, 0.15) is 0 Å². The largest absolute Gasteiger partial charge is 0.374 e. The quantitative estimate of drug-likeness (QED) is 0.837. The lowest BCUT2D eigenvalue weighted by Crippen LogP contribution is -2.46. The van der Waals surface area contributed by atoms with Gasteiger partial charge in [-0.25, -0.2) is 0 Å². The molecule has 1 saturated heterocycles. The molecule has 0 aliphatic carbocycles. The van der Waals surface area contributed by atoms with Crippen molar-refractivity contribution < 1.29 is 4.74 Å². The Morgan fingerprint density at radius 1 is 1.44 bits per heavy atom. The molecule has 0 radical (unpaired) electrons. The average molecular weight is 220 g/mol. The second-order valence-electron chi connectivity index (χ2n) is 4.31. The highest BCUT2D eigenvalue weighted by molar-refractivity contribution is 5.18. The fourth-order valence-corrected chi connectivity index (χ4v) is 2.18. The van der Waals surface area contributed by atoms with Crippen molar-refractivity contribution in [1.82, 2.24) is 4.90 Å². The van der Waals surface area contributed by atoms with Crippen LogP contribution in [-0.4, -0.2) is 37.2 Å². The van der Waals surface area contributed by atoms with Gasteiger partial charge in [0, 0.05) is 25.7 Å². The lowest BCUT2D eigenvalue weighted by atomic mass is 10.1. The summed E-state index contributed by atoms with van der Waals surface area (Å²) in [6.45, 7) is 5.57. The van der Waals surface area contributed by atoms with E-state index < -0.39 is 0 Å². The molecule has 3 nitrogen and oxygen atoms in total. The normalized spacial score (nSPS) is 24.2. The Bertz CT molecular complexity index is 315. The predicted octanol–water partition coefficient (Wildman–Crippen LogP) is 1.41. The Morgan fingerprint density at radius 2 is 2.19 bits per heavy atom. The topological polar surface area (TPSA) is 38.5 Å². The highest BCUT2D eigenvalue weighted by atomic mass is 16.5. The molecule has 1 aliphatic rings. The zero-order valence-corrected chi connectivity index (χ0v) is 9.80. The first kappa shape index (κ1) is 11.6. The van der Waals surface area contributed by atoms with Crippen molar-refractivity contribution in [3.63, 3.8) is 0 Å². The summed E-state index contributed by atoms with van der Waals surface area (Å²) in [5.74, 6) is 0. The first-order valence-electron chi connectivity index (χ1n) is 5.92. The molecule has 0 bridgehead atoms. The first-order valence-corrected chi connectivity index (χ1v) is 5.92. The van der Waals surface area contributed by atoms with Crippen molar-refractivity contribution in [2.75, 3.05) is 26.2 Å². The second kappa shape index (κ2) is 5.43. The van der Waals surface area contributed by atoms with Crippen molar-refractivity contribution >= 4 is 0 Å². The number of hydrogen-bond acceptors (Lipinski definition) is 3. The number of rotatable bonds is 3. The molecule has 2 rings (SSSR count). The fraction of sp³-hybridized carbons (Fsp3) is 0.538. The van der Waals surface area contributed by atoms with E-state index in [-0.39, 0.29) is 6.10 Å². The summed E-state index contributed by atoms with van der Waals surface area (Å²) in [4.78, 5) is 2.44. The predicted molar refractivity (Wildman–Crippen MR) is 65.2 cm³/mol. The molecule has 1 aromatic carbocycles. The van der Waals surface area contributed by atoms with Gasteiger partial charge in [-0.3, -0.25) is 4.90 Å². The zero-order valence-electron chi connectivity index (χ0n) is 9.80. The number of morpholine rings is 1. The van der Waals surface area contributed by atoms with Crippen LogP contribution >= 0.6 is 0 Å². The number of ether oxygens (including phenoxy) is 1. The molecular formula is C13H20N2O. The number of nitrogens with zero attached hydrogens (tertiary/aromatic N) is 1. The van der Waals surface area contributed by atoms with Gasteiger partial charge >= 0.3 is 0 Å². The fourth-order valence-electron chi connectivity index (χ4n) is 2.18. The zero-order chi connectivity index (χ0) is 11.4. The van der Waals surface area contributed by atoms with Crippen LogP contribution in [0.4, 0.5) is 0 Å².